The standard InChI is InChI=1S/C3H5.C2H6O.Mg/c1-3-2;1-2-3;/h3H,1-2H2;3H,2H2,1H3;/q-1;;+2. The fourth-order valence-electron chi connectivity index (χ4n) is 0. The van der Waals surface area contributed by atoms with Gasteiger partial charge in [-0.3, -0.25) is 0 Å². The topological polar surface area (TPSA) is 20.2 Å². The van der Waals surface area contributed by atoms with Crippen molar-refractivity contribution in [2.24, 2.45) is 0 Å². The molecule has 0 aliphatic rings. The molecule has 0 rings (SSSR count). The fraction of sp³-hybridized carbons (Fsp3) is 0.400. The molecule has 0 saturated carbocycles. The summed E-state index contributed by atoms with van der Waals surface area (Å²) in [7, 11) is 0. The molecule has 0 aromatic carbocycles. The van der Waals surface area contributed by atoms with Gasteiger partial charge in [0.2, 0.25) is 0 Å². The van der Waals surface area contributed by atoms with Crippen molar-refractivity contribution >= 4 is 23.1 Å². The molecule has 0 radical (unpaired) electrons. The minimum absolute atomic E-state index is 0. The van der Waals surface area contributed by atoms with Crippen LogP contribution in [0.1, 0.15) is 6.92 Å². The molecule has 0 aliphatic carbocycles. The van der Waals surface area contributed by atoms with Gasteiger partial charge in [-0.1, -0.05) is 0 Å². The van der Waals surface area contributed by atoms with Gasteiger partial charge in [0.25, 0.3) is 0 Å². The van der Waals surface area contributed by atoms with Crippen molar-refractivity contribution in [1.29, 1.82) is 0 Å². The third kappa shape index (κ3) is 1050. The maximum Gasteiger partial charge on any atom is 2.00 e. The van der Waals surface area contributed by atoms with Gasteiger partial charge < -0.3 is 5.11 Å². The van der Waals surface area contributed by atoms with Crippen LogP contribution in [0.3, 0.4) is 0 Å². The number of rotatable bonds is 0. The van der Waals surface area contributed by atoms with Crippen LogP contribution >= 0.6 is 0 Å². The maximum absolute atomic E-state index is 7.57. The first kappa shape index (κ1) is 15.7. The maximum atomic E-state index is 7.57. The third-order valence-corrected chi connectivity index (χ3v) is 0. The van der Waals surface area contributed by atoms with Gasteiger partial charge in [-0.15, -0.1) is 0 Å². The molecule has 0 fully saturated rings. The molecule has 0 aliphatic heterocycles. The van der Waals surface area contributed by atoms with E-state index in [0.29, 0.717) is 0 Å². The Kier molecular flexibility index (Phi) is 74.0. The number of aliphatic hydroxyl groups excluding tert-OH is 1. The van der Waals surface area contributed by atoms with Gasteiger partial charge in [0.15, 0.2) is 0 Å². The largest absolute Gasteiger partial charge is 2.00 e. The van der Waals surface area contributed by atoms with Crippen molar-refractivity contribution in [3.8, 4) is 0 Å². The van der Waals surface area contributed by atoms with Crippen LogP contribution in [0.2, 0.25) is 0 Å². The van der Waals surface area contributed by atoms with Crippen molar-refractivity contribution < 1.29 is 5.11 Å². The van der Waals surface area contributed by atoms with Gasteiger partial charge in [0.1, 0.15) is 0 Å². The molecule has 0 aromatic heterocycles. The average molecular weight is 111 g/mol. The van der Waals surface area contributed by atoms with Crippen LogP contribution in [0.5, 0.6) is 0 Å². The second-order valence-electron chi connectivity index (χ2n) is 0.605. The summed E-state index contributed by atoms with van der Waals surface area (Å²) in [5, 5.41) is 7.57. The van der Waals surface area contributed by atoms with Crippen molar-refractivity contribution in [3.63, 3.8) is 0 Å². The number of allylic oxidation sites excluding steroid dienone is 1. The van der Waals surface area contributed by atoms with Crippen molar-refractivity contribution in [1.82, 2.24) is 0 Å². The monoisotopic (exact) mass is 111 g/mol. The number of hydrogen-bond donors (Lipinski definition) is 1. The summed E-state index contributed by atoms with van der Waals surface area (Å²) in [5.41, 5.74) is 0. The van der Waals surface area contributed by atoms with Gasteiger partial charge in [0.05, 0.1) is 0 Å². The Morgan fingerprint density at radius 3 is 1.86 bits per heavy atom. The molecule has 0 heterocycles. The third-order valence-electron chi connectivity index (χ3n) is 0. The SMILES string of the molecule is C=C[CH2-].CCO.[Mg+2]. The molecule has 0 amide bonds. The van der Waals surface area contributed by atoms with Crippen LogP contribution in [0.25, 0.3) is 0 Å². The minimum atomic E-state index is 0. The first-order chi connectivity index (χ1) is 2.83. The fourth-order valence-corrected chi connectivity index (χ4v) is 0. The van der Waals surface area contributed by atoms with E-state index in [-0.39, 0.29) is 29.7 Å². The average Bonchev–Trinajstić information content (AvgIpc) is 1.39. The summed E-state index contributed by atoms with van der Waals surface area (Å²) in [6.45, 7) is 8.43. The van der Waals surface area contributed by atoms with Gasteiger partial charge >= 0.3 is 23.1 Å². The van der Waals surface area contributed by atoms with Crippen molar-refractivity contribution in [2.75, 3.05) is 6.61 Å². The van der Waals surface area contributed by atoms with Crippen LogP contribution < -0.4 is 0 Å². The zero-order valence-corrected chi connectivity index (χ0v) is 6.27. The Bertz CT molecular complexity index is 22.0. The Hall–Kier alpha value is 0.336. The van der Waals surface area contributed by atoms with Gasteiger partial charge in [-0.25, -0.2) is 19.6 Å². The van der Waals surface area contributed by atoms with Crippen LogP contribution in [0.4, 0.5) is 0 Å². The first-order valence-corrected chi connectivity index (χ1v) is 1.84. The van der Waals surface area contributed by atoms with E-state index in [1.165, 1.54) is 6.08 Å². The van der Waals surface area contributed by atoms with Crippen molar-refractivity contribution in [3.05, 3.63) is 19.6 Å². The molecule has 0 aromatic rings. The summed E-state index contributed by atoms with van der Waals surface area (Å²) in [6.07, 6.45) is 1.50. The minimum Gasteiger partial charge on any atom is -0.397 e. The number of aliphatic hydroxyl groups is 1. The Morgan fingerprint density at radius 1 is 1.86 bits per heavy atom. The van der Waals surface area contributed by atoms with E-state index in [4.69, 9.17) is 5.11 Å². The molecule has 7 heavy (non-hydrogen) atoms. The number of hydrogen-bond acceptors (Lipinski definition) is 1. The van der Waals surface area contributed by atoms with Crippen LogP contribution in [0, 0.1) is 6.92 Å². The van der Waals surface area contributed by atoms with E-state index in [2.05, 4.69) is 13.5 Å². The molecular formula is C5H11MgO+. The van der Waals surface area contributed by atoms with E-state index in [9.17, 15) is 0 Å². The predicted octanol–water partition coefficient (Wildman–Crippen LogP) is 0.624. The first-order valence-electron chi connectivity index (χ1n) is 1.84. The van der Waals surface area contributed by atoms with Gasteiger partial charge in [-0.05, 0) is 6.92 Å². The summed E-state index contributed by atoms with van der Waals surface area (Å²) < 4.78 is 0. The summed E-state index contributed by atoms with van der Waals surface area (Å²) in [5.74, 6) is 0. The molecule has 1 nitrogen and oxygen atoms in total. The predicted molar refractivity (Wildman–Crippen MR) is 34.1 cm³/mol. The molecule has 38 valence electrons. The van der Waals surface area contributed by atoms with E-state index in [0.717, 1.165) is 0 Å². The Morgan fingerprint density at radius 2 is 1.86 bits per heavy atom. The smallest absolute Gasteiger partial charge is 0.397 e. The molecule has 0 spiro atoms. The van der Waals surface area contributed by atoms with E-state index < -0.39 is 0 Å². The normalized spacial score (nSPS) is 4.29. The zero-order chi connectivity index (χ0) is 5.41. The summed E-state index contributed by atoms with van der Waals surface area (Å²) >= 11 is 0. The Labute approximate surface area is 61.6 Å². The molecular weight excluding hydrogens is 100 g/mol. The van der Waals surface area contributed by atoms with Crippen LogP contribution in [-0.4, -0.2) is 34.8 Å². The van der Waals surface area contributed by atoms with Crippen LogP contribution in [-0.2, 0) is 0 Å². The molecule has 0 atom stereocenters. The second-order valence-corrected chi connectivity index (χ2v) is 0.605. The van der Waals surface area contributed by atoms with Gasteiger partial charge in [0, 0.05) is 6.61 Å². The van der Waals surface area contributed by atoms with Gasteiger partial charge in [-0.2, -0.15) is 0 Å². The van der Waals surface area contributed by atoms with E-state index in [1.54, 1.807) is 6.92 Å². The second kappa shape index (κ2) is 33.1. The zero-order valence-electron chi connectivity index (χ0n) is 4.85. The quantitative estimate of drug-likeness (QED) is 0.359. The molecule has 0 unspecified atom stereocenters. The molecule has 0 bridgehead atoms. The summed E-state index contributed by atoms with van der Waals surface area (Å²) in [6, 6.07) is 0. The molecule has 0 saturated heterocycles. The molecule has 1 N–H and O–H groups in total. The van der Waals surface area contributed by atoms with Crippen molar-refractivity contribution in [2.45, 2.75) is 6.92 Å². The van der Waals surface area contributed by atoms with E-state index in [1.807, 2.05) is 0 Å². The summed E-state index contributed by atoms with van der Waals surface area (Å²) in [4.78, 5) is 0. The van der Waals surface area contributed by atoms with Crippen LogP contribution in [0.15, 0.2) is 12.7 Å². The van der Waals surface area contributed by atoms with E-state index >= 15 is 0 Å². The Balaban J connectivity index is -0.0000000400. The molecule has 2 heteroatoms.